The molecule has 0 amide bonds. The molecule has 3 aromatic rings. The minimum absolute atomic E-state index is 0.148. The lowest BCUT2D eigenvalue weighted by molar-refractivity contribution is -0.263. The number of hydrogen-bond donors (Lipinski definition) is 1. The van der Waals surface area contributed by atoms with E-state index in [9.17, 15) is 18.3 Å². The fourth-order valence-electron chi connectivity index (χ4n) is 4.63. The maximum Gasteiger partial charge on any atom is 0.413 e. The zero-order valence-corrected chi connectivity index (χ0v) is 20.8. The summed E-state index contributed by atoms with van der Waals surface area (Å²) in [7, 11) is 0. The van der Waals surface area contributed by atoms with Gasteiger partial charge < -0.3 is 19.3 Å². The minimum Gasteiger partial charge on any atom is -0.489 e. The summed E-state index contributed by atoms with van der Waals surface area (Å²) < 4.78 is 56.0. The Labute approximate surface area is 218 Å². The second-order valence-electron chi connectivity index (χ2n) is 9.24. The summed E-state index contributed by atoms with van der Waals surface area (Å²) in [5.41, 5.74) is 5.00. The van der Waals surface area contributed by atoms with Crippen molar-refractivity contribution in [3.8, 4) is 17.2 Å². The largest absolute Gasteiger partial charge is 0.489 e. The summed E-state index contributed by atoms with van der Waals surface area (Å²) in [4.78, 5) is 5.24. The number of rotatable bonds is 8. The van der Waals surface area contributed by atoms with Gasteiger partial charge in [-0.15, -0.1) is 0 Å². The number of aliphatic hydroxyl groups excluding tert-OH is 1. The number of fused-ring (bicyclic) bond motifs is 2. The number of hydroxylamine groups is 2. The third-order valence-corrected chi connectivity index (χ3v) is 6.57. The van der Waals surface area contributed by atoms with Crippen molar-refractivity contribution in [2.45, 2.75) is 38.8 Å². The summed E-state index contributed by atoms with van der Waals surface area (Å²) in [6, 6.07) is 16.4. The second kappa shape index (κ2) is 11.1. The van der Waals surface area contributed by atoms with Gasteiger partial charge in [0.1, 0.15) is 12.4 Å². The fraction of sp³-hybridized carbons (Fsp3) is 0.310. The van der Waals surface area contributed by atoms with E-state index < -0.39 is 18.8 Å². The van der Waals surface area contributed by atoms with Crippen molar-refractivity contribution < 1.29 is 37.3 Å². The van der Waals surface area contributed by atoms with Crippen molar-refractivity contribution in [2.24, 2.45) is 0 Å². The molecule has 0 fully saturated rings. The number of aryl methyl sites for hydroxylation is 1. The third-order valence-electron chi connectivity index (χ3n) is 6.57. The molecule has 200 valence electrons. The van der Waals surface area contributed by atoms with Crippen molar-refractivity contribution >= 4 is 6.08 Å². The molecule has 0 saturated heterocycles. The second-order valence-corrected chi connectivity index (χ2v) is 9.24. The highest BCUT2D eigenvalue weighted by Crippen LogP contribution is 2.38. The number of nitrogens with zero attached hydrogens (tertiary/aromatic N) is 1. The van der Waals surface area contributed by atoms with Crippen LogP contribution >= 0.6 is 0 Å². The molecule has 0 bridgehead atoms. The molecule has 0 saturated carbocycles. The van der Waals surface area contributed by atoms with Crippen molar-refractivity contribution in [3.63, 3.8) is 0 Å². The van der Waals surface area contributed by atoms with Gasteiger partial charge in [-0.2, -0.15) is 18.2 Å². The number of benzene rings is 3. The summed E-state index contributed by atoms with van der Waals surface area (Å²) in [6.45, 7) is 0.999. The number of ether oxygens (including phenoxy) is 3. The molecule has 0 aromatic heterocycles. The first-order chi connectivity index (χ1) is 18.3. The van der Waals surface area contributed by atoms with Gasteiger partial charge in [0.2, 0.25) is 6.79 Å². The summed E-state index contributed by atoms with van der Waals surface area (Å²) in [5.74, 6) is 1.83. The van der Waals surface area contributed by atoms with E-state index in [0.29, 0.717) is 35.8 Å². The lowest BCUT2D eigenvalue weighted by Crippen LogP contribution is -2.37. The standard InChI is InChI=1S/C29H28F3NO5/c1-19-11-27-28(37-18-36-27)13-21(19)7-8-25-24-12-23(15-34)26(35-16-20-5-3-2-4-6-20)14-22(24)9-10-33(25)38-17-29(30,31)32/h2-8,11-14,25,34H,9-10,15-18H2,1H3/b8-7+. The van der Waals surface area contributed by atoms with Crippen LogP contribution in [0.4, 0.5) is 13.2 Å². The zero-order valence-electron chi connectivity index (χ0n) is 20.8. The van der Waals surface area contributed by atoms with E-state index in [1.165, 1.54) is 5.06 Å². The normalized spacial score (nSPS) is 17.1. The van der Waals surface area contributed by atoms with Crippen molar-refractivity contribution in [1.82, 2.24) is 5.06 Å². The minimum atomic E-state index is -4.46. The average molecular weight is 528 g/mol. The first-order valence-electron chi connectivity index (χ1n) is 12.3. The van der Waals surface area contributed by atoms with Crippen LogP contribution in [0.3, 0.4) is 0 Å². The molecule has 1 N–H and O–H groups in total. The maximum absolute atomic E-state index is 13.0. The van der Waals surface area contributed by atoms with Crippen LogP contribution in [0.1, 0.15) is 39.4 Å². The van der Waals surface area contributed by atoms with E-state index in [2.05, 4.69) is 0 Å². The molecule has 2 aliphatic heterocycles. The number of halogens is 3. The Kier molecular flexibility index (Phi) is 7.60. The molecule has 9 heteroatoms. The van der Waals surface area contributed by atoms with E-state index in [-0.39, 0.29) is 19.9 Å². The van der Waals surface area contributed by atoms with Crippen LogP contribution in [-0.4, -0.2) is 36.3 Å². The highest BCUT2D eigenvalue weighted by molar-refractivity contribution is 5.61. The van der Waals surface area contributed by atoms with Crippen LogP contribution in [0.2, 0.25) is 0 Å². The van der Waals surface area contributed by atoms with Crippen molar-refractivity contribution in [1.29, 1.82) is 0 Å². The third kappa shape index (κ3) is 5.96. The highest BCUT2D eigenvalue weighted by atomic mass is 19.4. The van der Waals surface area contributed by atoms with Crippen LogP contribution < -0.4 is 14.2 Å². The zero-order chi connectivity index (χ0) is 26.7. The Hall–Kier alpha value is -3.53. The van der Waals surface area contributed by atoms with E-state index in [4.69, 9.17) is 19.0 Å². The van der Waals surface area contributed by atoms with Gasteiger partial charge in [-0.1, -0.05) is 42.5 Å². The smallest absolute Gasteiger partial charge is 0.413 e. The Morgan fingerprint density at radius 3 is 2.58 bits per heavy atom. The van der Waals surface area contributed by atoms with E-state index >= 15 is 0 Å². The number of aliphatic hydroxyl groups is 1. The first-order valence-corrected chi connectivity index (χ1v) is 12.3. The van der Waals surface area contributed by atoms with Gasteiger partial charge in [0.05, 0.1) is 12.6 Å². The van der Waals surface area contributed by atoms with Gasteiger partial charge in [-0.05, 0) is 65.4 Å². The summed E-state index contributed by atoms with van der Waals surface area (Å²) >= 11 is 0. The quantitative estimate of drug-likeness (QED) is 0.394. The monoisotopic (exact) mass is 527 g/mol. The molecule has 2 heterocycles. The SMILES string of the molecule is Cc1cc2c(cc1/C=C/C1c3cc(CO)c(OCc4ccccc4)cc3CCN1OCC(F)(F)F)OCO2. The topological polar surface area (TPSA) is 60.4 Å². The molecular formula is C29H28F3NO5. The lowest BCUT2D eigenvalue weighted by atomic mass is 9.90. The Morgan fingerprint density at radius 1 is 1.08 bits per heavy atom. The predicted molar refractivity (Wildman–Crippen MR) is 135 cm³/mol. The van der Waals surface area contributed by atoms with Crippen LogP contribution in [0.5, 0.6) is 17.2 Å². The average Bonchev–Trinajstić information content (AvgIpc) is 3.36. The van der Waals surface area contributed by atoms with E-state index in [1.807, 2.05) is 67.6 Å². The molecule has 0 spiro atoms. The Balaban J connectivity index is 1.46. The Morgan fingerprint density at radius 2 is 1.84 bits per heavy atom. The molecule has 38 heavy (non-hydrogen) atoms. The van der Waals surface area contributed by atoms with Crippen molar-refractivity contribution in [3.05, 3.63) is 94.1 Å². The van der Waals surface area contributed by atoms with Crippen LogP contribution in [0, 0.1) is 6.92 Å². The van der Waals surface area contributed by atoms with Gasteiger partial charge in [0.25, 0.3) is 0 Å². The predicted octanol–water partition coefficient (Wildman–Crippen LogP) is 5.90. The molecule has 6 nitrogen and oxygen atoms in total. The number of alkyl halides is 3. The first kappa shape index (κ1) is 26.1. The summed E-state index contributed by atoms with van der Waals surface area (Å²) in [6.07, 6.45) is -0.341. The van der Waals surface area contributed by atoms with Gasteiger partial charge in [-0.3, -0.25) is 4.84 Å². The number of hydrogen-bond acceptors (Lipinski definition) is 6. The van der Waals surface area contributed by atoms with Gasteiger partial charge in [0.15, 0.2) is 18.1 Å². The molecule has 5 rings (SSSR count). The fourth-order valence-corrected chi connectivity index (χ4v) is 4.63. The van der Waals surface area contributed by atoms with Gasteiger partial charge >= 0.3 is 6.18 Å². The highest BCUT2D eigenvalue weighted by Gasteiger charge is 2.33. The van der Waals surface area contributed by atoms with Crippen LogP contribution in [0.25, 0.3) is 6.08 Å². The van der Waals surface area contributed by atoms with E-state index in [1.54, 1.807) is 6.07 Å². The van der Waals surface area contributed by atoms with Crippen molar-refractivity contribution in [2.75, 3.05) is 19.9 Å². The van der Waals surface area contributed by atoms with Crippen LogP contribution in [0.15, 0.2) is 60.7 Å². The molecule has 0 aliphatic carbocycles. The van der Waals surface area contributed by atoms with E-state index in [0.717, 1.165) is 27.8 Å². The Bertz CT molecular complexity index is 1310. The summed E-state index contributed by atoms with van der Waals surface area (Å²) in [5, 5.41) is 11.4. The molecule has 0 radical (unpaired) electrons. The molecule has 3 aromatic carbocycles. The molecule has 1 atom stereocenters. The maximum atomic E-state index is 13.0. The molecule has 1 unspecified atom stereocenters. The van der Waals surface area contributed by atoms with Crippen LogP contribution in [-0.2, 0) is 24.5 Å². The van der Waals surface area contributed by atoms with Gasteiger partial charge in [0, 0.05) is 12.1 Å². The van der Waals surface area contributed by atoms with Gasteiger partial charge in [-0.25, -0.2) is 0 Å². The molecular weight excluding hydrogens is 499 g/mol. The lowest BCUT2D eigenvalue weighted by Gasteiger charge is -2.35. The molecule has 2 aliphatic rings.